The highest BCUT2D eigenvalue weighted by atomic mass is 16.5. The van der Waals surface area contributed by atoms with E-state index in [0.29, 0.717) is 38.6 Å². The Morgan fingerprint density at radius 3 is 2.93 bits per heavy atom. The van der Waals surface area contributed by atoms with Gasteiger partial charge in [-0.1, -0.05) is 13.8 Å². The zero-order chi connectivity index (χ0) is 19.2. The van der Waals surface area contributed by atoms with E-state index in [2.05, 4.69) is 15.7 Å². The van der Waals surface area contributed by atoms with E-state index in [9.17, 15) is 9.59 Å². The van der Waals surface area contributed by atoms with Gasteiger partial charge in [-0.15, -0.1) is 0 Å². The first kappa shape index (κ1) is 19.7. The maximum atomic E-state index is 12.2. The van der Waals surface area contributed by atoms with Crippen molar-refractivity contribution in [2.45, 2.75) is 52.7 Å². The lowest BCUT2D eigenvalue weighted by atomic mass is 10.0. The number of hydrogen-bond donors (Lipinski definition) is 2. The average Bonchev–Trinajstić information content (AvgIpc) is 3.31. The van der Waals surface area contributed by atoms with Crippen molar-refractivity contribution in [2.24, 2.45) is 11.8 Å². The fraction of sp³-hybridized carbons (Fsp3) is 0.737. The van der Waals surface area contributed by atoms with Crippen LogP contribution in [0.1, 0.15) is 44.5 Å². The van der Waals surface area contributed by atoms with Crippen LogP contribution in [0.5, 0.6) is 0 Å². The van der Waals surface area contributed by atoms with Gasteiger partial charge in [-0.2, -0.15) is 5.10 Å². The number of aromatic nitrogens is 2. The molecule has 2 aliphatic heterocycles. The van der Waals surface area contributed by atoms with E-state index < -0.39 is 0 Å². The van der Waals surface area contributed by atoms with Crippen molar-refractivity contribution >= 4 is 11.9 Å². The quantitative estimate of drug-likeness (QED) is 0.705. The topological polar surface area (TPSA) is 88.5 Å². The molecule has 0 aromatic carbocycles. The smallest absolute Gasteiger partial charge is 0.315 e. The second-order valence-electron chi connectivity index (χ2n) is 7.75. The first-order valence-corrected chi connectivity index (χ1v) is 9.96. The van der Waals surface area contributed by atoms with E-state index >= 15 is 0 Å². The molecule has 3 rings (SSSR count). The Kier molecular flexibility index (Phi) is 6.71. The van der Waals surface area contributed by atoms with E-state index in [4.69, 9.17) is 4.74 Å². The van der Waals surface area contributed by atoms with Crippen LogP contribution in [-0.4, -0.2) is 52.9 Å². The molecule has 0 unspecified atom stereocenters. The molecule has 2 N–H and O–H groups in total. The minimum atomic E-state index is -0.166. The lowest BCUT2D eigenvalue weighted by Crippen LogP contribution is -2.40. The third-order valence-electron chi connectivity index (χ3n) is 5.18. The Hall–Kier alpha value is -2.09. The summed E-state index contributed by atoms with van der Waals surface area (Å²) in [6.07, 6.45) is 3.21. The third-order valence-corrected chi connectivity index (χ3v) is 5.18. The van der Waals surface area contributed by atoms with Crippen LogP contribution in [0, 0.1) is 11.8 Å². The Morgan fingerprint density at radius 1 is 1.33 bits per heavy atom. The highest BCUT2D eigenvalue weighted by Crippen LogP contribution is 2.17. The van der Waals surface area contributed by atoms with Crippen molar-refractivity contribution in [3.05, 3.63) is 17.5 Å². The number of nitrogens with zero attached hydrogens (tertiary/aromatic N) is 3. The molecule has 0 saturated carbocycles. The van der Waals surface area contributed by atoms with E-state index in [0.717, 1.165) is 43.9 Å². The van der Waals surface area contributed by atoms with Gasteiger partial charge in [-0.05, 0) is 31.2 Å². The van der Waals surface area contributed by atoms with Crippen molar-refractivity contribution < 1.29 is 14.3 Å². The van der Waals surface area contributed by atoms with Crippen LogP contribution >= 0.6 is 0 Å². The largest absolute Gasteiger partial charge is 0.381 e. The minimum Gasteiger partial charge on any atom is -0.381 e. The number of ether oxygens (including phenoxy) is 1. The van der Waals surface area contributed by atoms with Gasteiger partial charge < -0.3 is 20.3 Å². The van der Waals surface area contributed by atoms with Crippen LogP contribution in [0.4, 0.5) is 4.79 Å². The summed E-state index contributed by atoms with van der Waals surface area (Å²) in [5.74, 6) is 0.824. The van der Waals surface area contributed by atoms with Crippen LogP contribution in [0.2, 0.25) is 0 Å². The molecule has 1 atom stereocenters. The lowest BCUT2D eigenvalue weighted by Gasteiger charge is -2.29. The monoisotopic (exact) mass is 377 g/mol. The molecular weight excluding hydrogens is 346 g/mol. The molecule has 8 heteroatoms. The highest BCUT2D eigenvalue weighted by Gasteiger charge is 2.23. The van der Waals surface area contributed by atoms with E-state index in [1.54, 1.807) is 0 Å². The van der Waals surface area contributed by atoms with E-state index in [1.165, 1.54) is 0 Å². The van der Waals surface area contributed by atoms with Crippen molar-refractivity contribution in [3.63, 3.8) is 0 Å². The fourth-order valence-corrected chi connectivity index (χ4v) is 3.60. The number of urea groups is 1. The Balaban J connectivity index is 1.37. The molecule has 1 aromatic heterocycles. The van der Waals surface area contributed by atoms with Gasteiger partial charge in [0.2, 0.25) is 5.91 Å². The summed E-state index contributed by atoms with van der Waals surface area (Å²) < 4.78 is 7.29. The van der Waals surface area contributed by atoms with Gasteiger partial charge >= 0.3 is 6.03 Å². The predicted octanol–water partition coefficient (Wildman–Crippen LogP) is 1.50. The maximum absolute atomic E-state index is 12.2. The number of amides is 3. The van der Waals surface area contributed by atoms with Gasteiger partial charge in [0.05, 0.1) is 31.0 Å². The summed E-state index contributed by atoms with van der Waals surface area (Å²) in [6.45, 7) is 8.60. The molecule has 150 valence electrons. The van der Waals surface area contributed by atoms with Crippen LogP contribution < -0.4 is 10.6 Å². The van der Waals surface area contributed by atoms with E-state index in [1.807, 2.05) is 29.5 Å². The molecular formula is C19H31N5O3. The number of carbonyl (C=O) groups is 2. The molecule has 0 radical (unpaired) electrons. The SMILES string of the molecule is CC(C)C(=O)N1CCn2nc(CNC(=O)NCCC[C@H]3CCOC3)cc2C1. The second kappa shape index (κ2) is 9.21. The standard InChI is InChI=1S/C19H31N5O3/c1-14(2)18(25)23-7-8-24-17(12-23)10-16(22-24)11-21-19(26)20-6-3-4-15-5-9-27-13-15/h10,14-15H,3-9,11-13H2,1-2H3,(H2,20,21,26)/t15-/m0/s1. The van der Waals surface area contributed by atoms with E-state index in [-0.39, 0.29) is 17.9 Å². The van der Waals surface area contributed by atoms with Crippen molar-refractivity contribution in [2.75, 3.05) is 26.3 Å². The van der Waals surface area contributed by atoms with Gasteiger partial charge in [-0.3, -0.25) is 9.48 Å². The van der Waals surface area contributed by atoms with Crippen molar-refractivity contribution in [3.8, 4) is 0 Å². The van der Waals surface area contributed by atoms with Crippen LogP contribution in [0.15, 0.2) is 6.07 Å². The van der Waals surface area contributed by atoms with Crippen molar-refractivity contribution in [1.29, 1.82) is 0 Å². The minimum absolute atomic E-state index is 0.00509. The zero-order valence-electron chi connectivity index (χ0n) is 16.4. The Labute approximate surface area is 160 Å². The van der Waals surface area contributed by atoms with Gasteiger partial charge in [0, 0.05) is 32.2 Å². The molecule has 1 fully saturated rings. The molecule has 8 nitrogen and oxygen atoms in total. The molecule has 0 bridgehead atoms. The first-order chi connectivity index (χ1) is 13.0. The molecule has 2 aliphatic rings. The third kappa shape index (κ3) is 5.45. The normalized spacial score (nSPS) is 19.2. The van der Waals surface area contributed by atoms with Crippen LogP contribution in [0.3, 0.4) is 0 Å². The number of nitrogens with one attached hydrogen (secondary N) is 2. The number of rotatable bonds is 7. The molecule has 3 amide bonds. The van der Waals surface area contributed by atoms with Gasteiger partial charge in [-0.25, -0.2) is 4.79 Å². The molecule has 27 heavy (non-hydrogen) atoms. The second-order valence-corrected chi connectivity index (χ2v) is 7.75. The fourth-order valence-electron chi connectivity index (χ4n) is 3.60. The number of carbonyl (C=O) groups excluding carboxylic acids is 2. The summed E-state index contributed by atoms with van der Waals surface area (Å²) in [6, 6.07) is 1.81. The number of hydrogen-bond acceptors (Lipinski definition) is 4. The first-order valence-electron chi connectivity index (χ1n) is 9.96. The number of fused-ring (bicyclic) bond motifs is 1. The van der Waals surface area contributed by atoms with Crippen LogP contribution in [0.25, 0.3) is 0 Å². The zero-order valence-corrected chi connectivity index (χ0v) is 16.4. The summed E-state index contributed by atoms with van der Waals surface area (Å²) >= 11 is 0. The van der Waals surface area contributed by atoms with Gasteiger partial charge in [0.15, 0.2) is 0 Å². The van der Waals surface area contributed by atoms with Crippen LogP contribution in [-0.2, 0) is 29.2 Å². The Bertz CT molecular complexity index is 652. The molecule has 0 spiro atoms. The molecule has 1 aromatic rings. The summed E-state index contributed by atoms with van der Waals surface area (Å²) in [7, 11) is 0. The Morgan fingerprint density at radius 2 is 2.19 bits per heavy atom. The van der Waals surface area contributed by atoms with Crippen molar-refractivity contribution in [1.82, 2.24) is 25.3 Å². The summed E-state index contributed by atoms with van der Waals surface area (Å²) in [4.78, 5) is 26.0. The molecule has 0 aliphatic carbocycles. The highest BCUT2D eigenvalue weighted by molar-refractivity contribution is 5.78. The van der Waals surface area contributed by atoms with Gasteiger partial charge in [0.1, 0.15) is 0 Å². The van der Waals surface area contributed by atoms with Gasteiger partial charge in [0.25, 0.3) is 0 Å². The predicted molar refractivity (Wildman–Crippen MR) is 101 cm³/mol. The maximum Gasteiger partial charge on any atom is 0.315 e. The summed E-state index contributed by atoms with van der Waals surface area (Å²) in [5, 5.41) is 10.3. The summed E-state index contributed by atoms with van der Waals surface area (Å²) in [5.41, 5.74) is 1.84. The molecule has 3 heterocycles. The average molecular weight is 377 g/mol. The molecule has 1 saturated heterocycles. The lowest BCUT2D eigenvalue weighted by molar-refractivity contribution is -0.136.